The minimum atomic E-state index is -0.394. The van der Waals surface area contributed by atoms with Gasteiger partial charge in [-0.2, -0.15) is 0 Å². The molecule has 0 radical (unpaired) electrons. The van der Waals surface area contributed by atoms with E-state index in [0.717, 1.165) is 38.5 Å². The molecule has 0 amide bonds. The van der Waals surface area contributed by atoms with E-state index in [4.69, 9.17) is 9.47 Å². The molecule has 1 aliphatic rings. The summed E-state index contributed by atoms with van der Waals surface area (Å²) in [6, 6.07) is 0. The van der Waals surface area contributed by atoms with Gasteiger partial charge in [0.15, 0.2) is 0 Å². The van der Waals surface area contributed by atoms with Gasteiger partial charge in [-0.15, -0.1) is 0 Å². The molecule has 1 saturated carbocycles. The molecular weight excluding hydrogens is 689 g/mol. The van der Waals surface area contributed by atoms with Crippen LogP contribution in [0, 0.1) is 11.8 Å². The first kappa shape index (κ1) is 52.4. The number of hydrogen-bond donors (Lipinski definition) is 0. The highest BCUT2D eigenvalue weighted by atomic mass is 16.5. The first-order chi connectivity index (χ1) is 27.7. The lowest BCUT2D eigenvalue weighted by Crippen LogP contribution is -2.33. The monoisotopic (exact) mass is 785 g/mol. The number of hydrogen-bond acceptors (Lipinski definition) is 4. The number of allylic oxidation sites excluding steroid dienone is 2. The van der Waals surface area contributed by atoms with Crippen molar-refractivity contribution in [2.24, 2.45) is 11.8 Å². The maximum absolute atomic E-state index is 12.9. The van der Waals surface area contributed by atoms with Crippen molar-refractivity contribution in [1.82, 2.24) is 0 Å². The summed E-state index contributed by atoms with van der Waals surface area (Å²) in [6.07, 6.45) is 62.0. The minimum absolute atomic E-state index is 0.275. The first-order valence-corrected chi connectivity index (χ1v) is 25.4. The number of rotatable bonds is 42. The summed E-state index contributed by atoms with van der Waals surface area (Å²) < 4.78 is 11.0. The Morgan fingerprint density at radius 2 is 0.571 bits per heavy atom. The summed E-state index contributed by atoms with van der Waals surface area (Å²) in [5, 5.41) is 0. The van der Waals surface area contributed by atoms with Crippen molar-refractivity contribution in [2.45, 2.75) is 284 Å². The van der Waals surface area contributed by atoms with Gasteiger partial charge in [0.2, 0.25) is 0 Å². The first-order valence-electron chi connectivity index (χ1n) is 25.4. The molecule has 0 spiro atoms. The Bertz CT molecular complexity index is 821. The predicted octanol–water partition coefficient (Wildman–Crippen LogP) is 17.8. The predicted molar refractivity (Wildman–Crippen MR) is 243 cm³/mol. The highest BCUT2D eigenvalue weighted by Crippen LogP contribution is 2.32. The molecule has 4 nitrogen and oxygen atoms in total. The van der Waals surface area contributed by atoms with Crippen molar-refractivity contribution >= 4 is 11.9 Å². The van der Waals surface area contributed by atoms with E-state index >= 15 is 0 Å². The summed E-state index contributed by atoms with van der Waals surface area (Å²) in [7, 11) is 0. The molecule has 2 atom stereocenters. The molecule has 0 aliphatic heterocycles. The Balaban J connectivity index is 1.95. The molecule has 0 aromatic rings. The Morgan fingerprint density at radius 1 is 0.357 bits per heavy atom. The summed E-state index contributed by atoms with van der Waals surface area (Å²) >= 11 is 0. The van der Waals surface area contributed by atoms with Gasteiger partial charge >= 0.3 is 11.9 Å². The zero-order valence-electron chi connectivity index (χ0n) is 37.8. The number of carbonyl (C=O) groups excluding carboxylic acids is 2. The largest absolute Gasteiger partial charge is 0.435 e. The fourth-order valence-electron chi connectivity index (χ4n) is 8.56. The Labute approximate surface area is 350 Å². The minimum Gasteiger partial charge on any atom is -0.435 e. The number of unbranched alkanes of at least 4 members (excludes halogenated alkanes) is 36. The quantitative estimate of drug-likeness (QED) is 0.0351. The van der Waals surface area contributed by atoms with Gasteiger partial charge in [0.25, 0.3) is 0 Å². The van der Waals surface area contributed by atoms with Crippen LogP contribution in [0.3, 0.4) is 0 Å². The molecule has 4 heteroatoms. The lowest BCUT2D eigenvalue weighted by atomic mass is 9.79. The molecule has 1 fully saturated rings. The van der Waals surface area contributed by atoms with Gasteiger partial charge in [-0.3, -0.25) is 9.59 Å². The maximum Gasteiger partial charge on any atom is 0.314 e. The van der Waals surface area contributed by atoms with Gasteiger partial charge in [-0.1, -0.05) is 245 Å². The van der Waals surface area contributed by atoms with Gasteiger partial charge in [0.1, 0.15) is 0 Å². The topological polar surface area (TPSA) is 52.6 Å². The van der Waals surface area contributed by atoms with Crippen molar-refractivity contribution in [3.8, 4) is 0 Å². The van der Waals surface area contributed by atoms with E-state index in [9.17, 15) is 9.59 Å². The second kappa shape index (κ2) is 43.0. The van der Waals surface area contributed by atoms with E-state index in [-0.39, 0.29) is 11.9 Å². The normalized spacial score (nSPS) is 16.0. The van der Waals surface area contributed by atoms with E-state index in [2.05, 4.69) is 13.8 Å². The summed E-state index contributed by atoms with van der Waals surface area (Å²) in [4.78, 5) is 25.8. The lowest BCUT2D eigenvalue weighted by Gasteiger charge is -2.27. The van der Waals surface area contributed by atoms with Gasteiger partial charge in [0.05, 0.1) is 24.4 Å². The van der Waals surface area contributed by atoms with Crippen LogP contribution in [-0.2, 0) is 19.1 Å². The highest BCUT2D eigenvalue weighted by Gasteiger charge is 2.37. The molecule has 328 valence electrons. The van der Waals surface area contributed by atoms with Crippen LogP contribution in [0.1, 0.15) is 284 Å². The van der Waals surface area contributed by atoms with Crippen molar-refractivity contribution in [3.63, 3.8) is 0 Å². The van der Waals surface area contributed by atoms with Crippen molar-refractivity contribution in [1.29, 1.82) is 0 Å². The molecule has 1 rings (SSSR count). The molecule has 0 aromatic heterocycles. The van der Waals surface area contributed by atoms with Crippen LogP contribution < -0.4 is 0 Å². The summed E-state index contributed by atoms with van der Waals surface area (Å²) in [5.41, 5.74) is 0. The van der Waals surface area contributed by atoms with Crippen molar-refractivity contribution < 1.29 is 19.1 Å². The van der Waals surface area contributed by atoms with E-state index in [0.29, 0.717) is 12.8 Å². The van der Waals surface area contributed by atoms with Crippen LogP contribution in [-0.4, -0.2) is 11.9 Å². The molecular formula is C52H96O4. The van der Waals surface area contributed by atoms with Crippen LogP contribution in [0.2, 0.25) is 0 Å². The van der Waals surface area contributed by atoms with Gasteiger partial charge in [-0.25, -0.2) is 0 Å². The van der Waals surface area contributed by atoms with E-state index in [1.165, 1.54) is 218 Å². The molecule has 0 bridgehead atoms. The van der Waals surface area contributed by atoms with Crippen LogP contribution in [0.4, 0.5) is 0 Å². The third-order valence-electron chi connectivity index (χ3n) is 12.4. The Morgan fingerprint density at radius 3 is 0.804 bits per heavy atom. The number of carbonyl (C=O) groups is 2. The number of esters is 2. The van der Waals surface area contributed by atoms with Gasteiger partial charge in [-0.05, 0) is 50.7 Å². The fraction of sp³-hybridized carbons (Fsp3) is 0.885. The van der Waals surface area contributed by atoms with E-state index in [1.54, 1.807) is 12.5 Å². The second-order valence-corrected chi connectivity index (χ2v) is 17.7. The summed E-state index contributed by atoms with van der Waals surface area (Å²) in [6.45, 7) is 4.58. The van der Waals surface area contributed by atoms with Gasteiger partial charge < -0.3 is 9.47 Å². The van der Waals surface area contributed by atoms with E-state index in [1.807, 2.05) is 12.2 Å². The molecule has 1 aliphatic carbocycles. The third kappa shape index (κ3) is 34.5. The van der Waals surface area contributed by atoms with Crippen LogP contribution >= 0.6 is 0 Å². The Kier molecular flexibility index (Phi) is 40.3. The van der Waals surface area contributed by atoms with E-state index < -0.39 is 11.8 Å². The fourth-order valence-corrected chi connectivity index (χ4v) is 8.56. The summed E-state index contributed by atoms with van der Waals surface area (Å²) in [5.74, 6) is -1.34. The zero-order valence-corrected chi connectivity index (χ0v) is 37.8. The molecule has 2 unspecified atom stereocenters. The molecule has 0 heterocycles. The second-order valence-electron chi connectivity index (χ2n) is 17.7. The molecule has 56 heavy (non-hydrogen) atoms. The van der Waals surface area contributed by atoms with Crippen LogP contribution in [0.5, 0.6) is 0 Å². The SMILES string of the molecule is CCCCCCCCCCCCCCCCCCCCC=COC(=O)C1CCCCC1C(=O)OC=CCCCCCCCCCCCCCCCCCCCC. The average molecular weight is 785 g/mol. The Hall–Kier alpha value is -1.58. The standard InChI is InChI=1S/C52H96O4/c1-3-5-7-9-11-13-15-17-19-21-23-25-27-29-31-33-35-37-39-43-47-55-51(53)49-45-41-42-46-50(49)52(54)56-48-44-40-38-36-34-32-30-28-26-24-22-20-18-16-14-12-10-8-6-4-2/h43-44,47-50H,3-42,45-46H2,1-2H3. The third-order valence-corrected chi connectivity index (χ3v) is 12.4. The van der Waals surface area contributed by atoms with Crippen LogP contribution in [0.15, 0.2) is 24.7 Å². The smallest absolute Gasteiger partial charge is 0.314 e. The average Bonchev–Trinajstić information content (AvgIpc) is 3.21. The molecule has 0 saturated heterocycles. The highest BCUT2D eigenvalue weighted by molar-refractivity contribution is 5.82. The molecule has 0 N–H and O–H groups in total. The van der Waals surface area contributed by atoms with Crippen molar-refractivity contribution in [3.05, 3.63) is 24.7 Å². The van der Waals surface area contributed by atoms with Crippen molar-refractivity contribution in [2.75, 3.05) is 0 Å². The lowest BCUT2D eigenvalue weighted by molar-refractivity contribution is -0.156. The molecule has 0 aromatic carbocycles. The van der Waals surface area contributed by atoms with Gasteiger partial charge in [0, 0.05) is 0 Å². The van der Waals surface area contributed by atoms with Crippen LogP contribution in [0.25, 0.3) is 0 Å². The number of ether oxygens (including phenoxy) is 2. The maximum atomic E-state index is 12.9. The zero-order chi connectivity index (χ0) is 40.3.